The van der Waals surface area contributed by atoms with Crippen LogP contribution in [0.15, 0.2) is 24.3 Å². The highest BCUT2D eigenvalue weighted by molar-refractivity contribution is 5.42. The molecule has 1 fully saturated rings. The molecule has 1 aromatic carbocycles. The number of rotatable bonds is 2. The number of benzene rings is 1. The molecule has 2 nitrogen and oxygen atoms in total. The molecule has 0 aliphatic carbocycles. The number of likely N-dealkylation sites (tertiary alicyclic amines) is 1. The van der Waals surface area contributed by atoms with Crippen molar-refractivity contribution < 1.29 is 0 Å². The van der Waals surface area contributed by atoms with Crippen LogP contribution in [0.25, 0.3) is 0 Å². The van der Waals surface area contributed by atoms with Crippen LogP contribution in [-0.4, -0.2) is 24.5 Å². The minimum Gasteiger partial charge on any atom is -0.399 e. The summed E-state index contributed by atoms with van der Waals surface area (Å²) in [5.41, 5.74) is 8.00. The molecule has 2 heteroatoms. The summed E-state index contributed by atoms with van der Waals surface area (Å²) < 4.78 is 0. The molecule has 0 saturated carbocycles. The van der Waals surface area contributed by atoms with Crippen LogP contribution in [0.2, 0.25) is 0 Å². The molecule has 1 aromatic rings. The van der Waals surface area contributed by atoms with Gasteiger partial charge in [-0.25, -0.2) is 0 Å². The molecule has 0 bridgehead atoms. The standard InChI is InChI=1S/C11H16N2/c1-2-13-7-10(8-13)9-4-3-5-11(12)6-9/h3-6,10H,2,7-8,12H2,1H3. The smallest absolute Gasteiger partial charge is 0.0316 e. The zero-order valence-corrected chi connectivity index (χ0v) is 8.03. The van der Waals surface area contributed by atoms with Crippen LogP contribution in [0.3, 0.4) is 0 Å². The molecule has 1 heterocycles. The highest BCUT2D eigenvalue weighted by Crippen LogP contribution is 2.27. The number of nitrogens with two attached hydrogens (primary N) is 1. The Hall–Kier alpha value is -1.02. The molecule has 0 unspecified atom stereocenters. The second-order valence-electron chi connectivity index (χ2n) is 3.72. The molecule has 1 aliphatic heterocycles. The first-order valence-electron chi connectivity index (χ1n) is 4.87. The van der Waals surface area contributed by atoms with Crippen LogP contribution in [0.5, 0.6) is 0 Å². The van der Waals surface area contributed by atoms with E-state index in [1.807, 2.05) is 12.1 Å². The Morgan fingerprint density at radius 1 is 1.46 bits per heavy atom. The van der Waals surface area contributed by atoms with Gasteiger partial charge in [0.25, 0.3) is 0 Å². The fraction of sp³-hybridized carbons (Fsp3) is 0.455. The molecule has 0 spiro atoms. The van der Waals surface area contributed by atoms with Crippen molar-refractivity contribution >= 4 is 5.69 Å². The highest BCUT2D eigenvalue weighted by Gasteiger charge is 2.26. The highest BCUT2D eigenvalue weighted by atomic mass is 15.2. The summed E-state index contributed by atoms with van der Waals surface area (Å²) in [6.07, 6.45) is 0. The first-order chi connectivity index (χ1) is 6.29. The topological polar surface area (TPSA) is 29.3 Å². The molecule has 0 amide bonds. The van der Waals surface area contributed by atoms with Crippen molar-refractivity contribution in [2.75, 3.05) is 25.4 Å². The van der Waals surface area contributed by atoms with Crippen LogP contribution in [0.1, 0.15) is 18.4 Å². The van der Waals surface area contributed by atoms with Crippen molar-refractivity contribution in [3.8, 4) is 0 Å². The Morgan fingerprint density at radius 2 is 2.23 bits per heavy atom. The van der Waals surface area contributed by atoms with Gasteiger partial charge in [-0.2, -0.15) is 0 Å². The van der Waals surface area contributed by atoms with Gasteiger partial charge in [0.1, 0.15) is 0 Å². The maximum Gasteiger partial charge on any atom is 0.0316 e. The third-order valence-corrected chi connectivity index (χ3v) is 2.79. The molecule has 0 atom stereocenters. The van der Waals surface area contributed by atoms with Gasteiger partial charge in [0.05, 0.1) is 0 Å². The Kier molecular flexibility index (Phi) is 2.23. The van der Waals surface area contributed by atoms with Gasteiger partial charge in [-0.3, -0.25) is 0 Å². The van der Waals surface area contributed by atoms with Gasteiger partial charge >= 0.3 is 0 Å². The fourth-order valence-corrected chi connectivity index (χ4v) is 1.85. The third kappa shape index (κ3) is 1.68. The molecule has 13 heavy (non-hydrogen) atoms. The normalized spacial score (nSPS) is 18.5. The Labute approximate surface area is 79.4 Å². The summed E-state index contributed by atoms with van der Waals surface area (Å²) in [6, 6.07) is 8.25. The van der Waals surface area contributed by atoms with Crippen LogP contribution in [-0.2, 0) is 0 Å². The summed E-state index contributed by atoms with van der Waals surface area (Å²) in [5, 5.41) is 0. The second-order valence-corrected chi connectivity index (χ2v) is 3.72. The summed E-state index contributed by atoms with van der Waals surface area (Å²) in [5.74, 6) is 0.712. The van der Waals surface area contributed by atoms with Gasteiger partial charge in [0.2, 0.25) is 0 Å². The predicted molar refractivity (Wildman–Crippen MR) is 55.7 cm³/mol. The van der Waals surface area contributed by atoms with E-state index in [2.05, 4.69) is 24.0 Å². The number of hydrogen-bond acceptors (Lipinski definition) is 2. The number of likely N-dealkylation sites (N-methyl/N-ethyl adjacent to an activating group) is 1. The van der Waals surface area contributed by atoms with E-state index in [4.69, 9.17) is 5.73 Å². The quantitative estimate of drug-likeness (QED) is 0.695. The van der Waals surface area contributed by atoms with E-state index in [1.165, 1.54) is 25.2 Å². The van der Waals surface area contributed by atoms with Crippen LogP contribution < -0.4 is 5.73 Å². The molecular formula is C11H16N2. The fourth-order valence-electron chi connectivity index (χ4n) is 1.85. The van der Waals surface area contributed by atoms with Crippen molar-refractivity contribution in [3.63, 3.8) is 0 Å². The Morgan fingerprint density at radius 3 is 2.85 bits per heavy atom. The van der Waals surface area contributed by atoms with Gasteiger partial charge < -0.3 is 10.6 Å². The largest absolute Gasteiger partial charge is 0.399 e. The van der Waals surface area contributed by atoms with Crippen molar-refractivity contribution in [3.05, 3.63) is 29.8 Å². The molecule has 70 valence electrons. The molecule has 2 rings (SSSR count). The molecule has 0 radical (unpaired) electrons. The first-order valence-corrected chi connectivity index (χ1v) is 4.87. The van der Waals surface area contributed by atoms with Crippen LogP contribution in [0.4, 0.5) is 5.69 Å². The Bertz CT molecular complexity index is 290. The lowest BCUT2D eigenvalue weighted by Crippen LogP contribution is -2.44. The predicted octanol–water partition coefficient (Wildman–Crippen LogP) is 1.69. The number of nitrogen functional groups attached to an aromatic ring is 1. The SMILES string of the molecule is CCN1CC(c2cccc(N)c2)C1. The summed E-state index contributed by atoms with van der Waals surface area (Å²) in [6.45, 7) is 5.76. The monoisotopic (exact) mass is 176 g/mol. The van der Waals surface area contributed by atoms with E-state index in [1.54, 1.807) is 0 Å². The molecular weight excluding hydrogens is 160 g/mol. The Balaban J connectivity index is 2.03. The van der Waals surface area contributed by atoms with E-state index in [0.29, 0.717) is 5.92 Å². The summed E-state index contributed by atoms with van der Waals surface area (Å²) >= 11 is 0. The van der Waals surface area contributed by atoms with Gasteiger partial charge in [-0.1, -0.05) is 19.1 Å². The second kappa shape index (κ2) is 3.38. The lowest BCUT2D eigenvalue weighted by molar-refractivity contribution is 0.157. The van der Waals surface area contributed by atoms with Crippen molar-refractivity contribution in [2.24, 2.45) is 0 Å². The van der Waals surface area contributed by atoms with Gasteiger partial charge in [0, 0.05) is 24.7 Å². The van der Waals surface area contributed by atoms with E-state index in [0.717, 1.165) is 5.69 Å². The number of nitrogens with zero attached hydrogens (tertiary/aromatic N) is 1. The van der Waals surface area contributed by atoms with Crippen LogP contribution >= 0.6 is 0 Å². The molecule has 0 aromatic heterocycles. The van der Waals surface area contributed by atoms with Crippen molar-refractivity contribution in [1.29, 1.82) is 0 Å². The van der Waals surface area contributed by atoms with E-state index < -0.39 is 0 Å². The van der Waals surface area contributed by atoms with Gasteiger partial charge in [-0.05, 0) is 24.2 Å². The maximum absolute atomic E-state index is 5.73. The van der Waals surface area contributed by atoms with E-state index >= 15 is 0 Å². The minimum atomic E-state index is 0.712. The van der Waals surface area contributed by atoms with E-state index in [-0.39, 0.29) is 0 Å². The summed E-state index contributed by atoms with van der Waals surface area (Å²) in [4.78, 5) is 2.44. The number of hydrogen-bond donors (Lipinski definition) is 1. The van der Waals surface area contributed by atoms with Crippen molar-refractivity contribution in [2.45, 2.75) is 12.8 Å². The molecule has 1 saturated heterocycles. The van der Waals surface area contributed by atoms with Gasteiger partial charge in [0.15, 0.2) is 0 Å². The average Bonchev–Trinajstić information content (AvgIpc) is 2.02. The average molecular weight is 176 g/mol. The zero-order valence-electron chi connectivity index (χ0n) is 8.03. The maximum atomic E-state index is 5.73. The first kappa shape index (κ1) is 8.57. The lowest BCUT2D eigenvalue weighted by atomic mass is 9.91. The minimum absolute atomic E-state index is 0.712. The van der Waals surface area contributed by atoms with Crippen molar-refractivity contribution in [1.82, 2.24) is 4.90 Å². The zero-order chi connectivity index (χ0) is 9.26. The van der Waals surface area contributed by atoms with E-state index in [9.17, 15) is 0 Å². The van der Waals surface area contributed by atoms with Crippen LogP contribution in [0, 0.1) is 0 Å². The van der Waals surface area contributed by atoms with Gasteiger partial charge in [-0.15, -0.1) is 0 Å². The summed E-state index contributed by atoms with van der Waals surface area (Å²) in [7, 11) is 0. The molecule has 2 N–H and O–H groups in total. The number of anilines is 1. The third-order valence-electron chi connectivity index (χ3n) is 2.79. The lowest BCUT2D eigenvalue weighted by Gasteiger charge is -2.38. The molecule has 1 aliphatic rings.